The lowest BCUT2D eigenvalue weighted by Crippen LogP contribution is -2.28. The van der Waals surface area contributed by atoms with Crippen LogP contribution in [0.2, 0.25) is 0 Å². The van der Waals surface area contributed by atoms with Crippen molar-refractivity contribution >= 4 is 39.0 Å². The van der Waals surface area contributed by atoms with Gasteiger partial charge in [-0.3, -0.25) is 0 Å². The molecule has 2 heteroatoms. The number of para-hydroxylation sites is 3. The molecule has 0 bridgehead atoms. The third-order valence-corrected chi connectivity index (χ3v) is 14.6. The van der Waals surface area contributed by atoms with Gasteiger partial charge in [0, 0.05) is 33.3 Å². The van der Waals surface area contributed by atoms with Crippen LogP contribution in [0.4, 0.5) is 17.1 Å². The first-order valence-corrected chi connectivity index (χ1v) is 23.7. The normalized spacial score (nSPS) is 13.6. The maximum atomic E-state index is 6.53. The van der Waals surface area contributed by atoms with Gasteiger partial charge in [-0.1, -0.05) is 194 Å². The number of furan rings is 1. The van der Waals surface area contributed by atoms with E-state index in [9.17, 15) is 0 Å². The van der Waals surface area contributed by atoms with Gasteiger partial charge >= 0.3 is 0 Å². The summed E-state index contributed by atoms with van der Waals surface area (Å²) in [4.78, 5) is 2.46. The van der Waals surface area contributed by atoms with E-state index in [-0.39, 0.29) is 0 Å². The van der Waals surface area contributed by atoms with Crippen LogP contribution < -0.4 is 4.90 Å². The van der Waals surface area contributed by atoms with Gasteiger partial charge in [-0.2, -0.15) is 0 Å². The van der Waals surface area contributed by atoms with Crippen LogP contribution in [0.3, 0.4) is 0 Å². The van der Waals surface area contributed by atoms with Gasteiger partial charge in [0.1, 0.15) is 11.2 Å². The zero-order chi connectivity index (χ0) is 44.3. The lowest BCUT2D eigenvalue weighted by Gasteiger charge is -2.35. The first-order valence-electron chi connectivity index (χ1n) is 23.7. The van der Waals surface area contributed by atoms with Gasteiger partial charge in [0.05, 0.1) is 11.1 Å². The van der Waals surface area contributed by atoms with Crippen LogP contribution in [0.25, 0.3) is 66.4 Å². The molecule has 0 aliphatic heterocycles. The van der Waals surface area contributed by atoms with E-state index in [4.69, 9.17) is 4.42 Å². The number of rotatable bonds is 8. The van der Waals surface area contributed by atoms with E-state index in [2.05, 4.69) is 235 Å². The molecule has 0 N–H and O–H groups in total. The summed E-state index contributed by atoms with van der Waals surface area (Å²) in [5, 5.41) is 2.26. The van der Waals surface area contributed by atoms with E-state index in [1.807, 2.05) is 6.07 Å². The van der Waals surface area contributed by atoms with Crippen molar-refractivity contribution in [3.8, 4) is 44.5 Å². The van der Waals surface area contributed by atoms with Gasteiger partial charge in [0.2, 0.25) is 0 Å². The first kappa shape index (κ1) is 39.2. The van der Waals surface area contributed by atoms with E-state index in [0.717, 1.165) is 56.5 Å². The minimum atomic E-state index is -0.560. The fraction of sp³-hybridized carbons (Fsp3) is 0.0769. The van der Waals surface area contributed by atoms with Crippen LogP contribution in [-0.4, -0.2) is 0 Å². The summed E-state index contributed by atoms with van der Waals surface area (Å²) < 4.78 is 6.53. The van der Waals surface area contributed by atoms with E-state index < -0.39 is 5.41 Å². The predicted octanol–water partition coefficient (Wildman–Crippen LogP) is 17.3. The number of nitrogens with zero attached hydrogens (tertiary/aromatic N) is 1. The van der Waals surface area contributed by atoms with Crippen molar-refractivity contribution in [1.82, 2.24) is 0 Å². The van der Waals surface area contributed by atoms with Crippen molar-refractivity contribution in [3.63, 3.8) is 0 Å². The number of fused-ring (bicyclic) bond motifs is 7. The Morgan fingerprint density at radius 2 is 0.925 bits per heavy atom. The summed E-state index contributed by atoms with van der Waals surface area (Å²) in [6, 6.07) is 87.3. The molecule has 2 aliphatic rings. The number of hydrogen-bond donors (Lipinski definition) is 0. The Balaban J connectivity index is 1.05. The molecule has 0 radical (unpaired) electrons. The van der Waals surface area contributed by atoms with Crippen LogP contribution in [-0.2, 0) is 18.3 Å². The van der Waals surface area contributed by atoms with Crippen molar-refractivity contribution < 1.29 is 4.42 Å². The SMILES string of the molecule is c1ccc(N(c2ccc(-c3cccc4c3oc3ccccc34)cc2)c2cc3c(cc2-c2ccc(-c4cccc5c4CCCC5)cc2)-c2ccccc2C3(c2ccccc2)c2ccccc2)cc1. The molecule has 1 heterocycles. The molecule has 0 atom stereocenters. The fourth-order valence-corrected chi connectivity index (χ4v) is 11.5. The second-order valence-electron chi connectivity index (χ2n) is 18.2. The third kappa shape index (κ3) is 6.32. The quantitative estimate of drug-likeness (QED) is 0.151. The molecule has 0 fully saturated rings. The molecular formula is C65H47NO. The zero-order valence-electron chi connectivity index (χ0n) is 37.2. The first-order chi connectivity index (χ1) is 33.2. The summed E-state index contributed by atoms with van der Waals surface area (Å²) in [6.07, 6.45) is 4.83. The molecule has 0 saturated carbocycles. The van der Waals surface area contributed by atoms with Crippen molar-refractivity contribution in [2.75, 3.05) is 4.90 Å². The van der Waals surface area contributed by atoms with Crippen LogP contribution >= 0.6 is 0 Å². The van der Waals surface area contributed by atoms with Gasteiger partial charge in [-0.25, -0.2) is 0 Å². The Labute approximate surface area is 392 Å². The number of anilines is 3. The molecule has 318 valence electrons. The maximum Gasteiger partial charge on any atom is 0.143 e. The van der Waals surface area contributed by atoms with Crippen molar-refractivity contribution in [2.45, 2.75) is 31.1 Å². The monoisotopic (exact) mass is 857 g/mol. The van der Waals surface area contributed by atoms with E-state index in [1.165, 1.54) is 86.0 Å². The molecular weight excluding hydrogens is 811 g/mol. The van der Waals surface area contributed by atoms with Gasteiger partial charge in [-0.15, -0.1) is 0 Å². The molecule has 11 aromatic rings. The van der Waals surface area contributed by atoms with E-state index in [0.29, 0.717) is 0 Å². The highest BCUT2D eigenvalue weighted by Crippen LogP contribution is 2.59. The third-order valence-electron chi connectivity index (χ3n) is 14.6. The second-order valence-corrected chi connectivity index (χ2v) is 18.2. The molecule has 67 heavy (non-hydrogen) atoms. The molecule has 0 unspecified atom stereocenters. The van der Waals surface area contributed by atoms with Gasteiger partial charge in [-0.05, 0) is 135 Å². The topological polar surface area (TPSA) is 16.4 Å². The molecule has 0 saturated heterocycles. The zero-order valence-corrected chi connectivity index (χ0v) is 37.2. The molecule has 1 aromatic heterocycles. The second kappa shape index (κ2) is 16.0. The highest BCUT2D eigenvalue weighted by molar-refractivity contribution is 6.09. The highest BCUT2D eigenvalue weighted by atomic mass is 16.3. The molecule has 2 nitrogen and oxygen atoms in total. The number of benzene rings is 10. The summed E-state index contributed by atoms with van der Waals surface area (Å²) >= 11 is 0. The summed E-state index contributed by atoms with van der Waals surface area (Å²) in [5.74, 6) is 0. The fourth-order valence-electron chi connectivity index (χ4n) is 11.5. The van der Waals surface area contributed by atoms with Crippen LogP contribution in [0.15, 0.2) is 241 Å². The smallest absolute Gasteiger partial charge is 0.143 e. The molecule has 0 amide bonds. The average molecular weight is 858 g/mol. The van der Waals surface area contributed by atoms with Gasteiger partial charge < -0.3 is 9.32 Å². The Morgan fingerprint density at radius 3 is 1.69 bits per heavy atom. The van der Waals surface area contributed by atoms with Crippen molar-refractivity contribution in [3.05, 3.63) is 270 Å². The summed E-state index contributed by atoms with van der Waals surface area (Å²) in [6.45, 7) is 0. The van der Waals surface area contributed by atoms with Crippen LogP contribution in [0, 0.1) is 0 Å². The standard InChI is InChI=1S/C65H47NO/c1-4-20-48(21-5-1)65(49-22-6-2-7-23-49)60-32-14-12-27-55(60)59-42-58(47-36-34-45(35-37-47)53-29-16-19-44-18-10-11-26-52(44)53)62(43-61(59)65)66(50-24-8-3-9-25-50)51-40-38-46(39-41-51)54-30-17-31-57-56-28-13-15-33-63(56)67-64(54)57/h1-9,12-17,19-25,27-43H,10-11,18,26H2. The lowest BCUT2D eigenvalue weighted by molar-refractivity contribution is 0.670. The Kier molecular flexibility index (Phi) is 9.39. The predicted molar refractivity (Wildman–Crippen MR) is 279 cm³/mol. The Morgan fingerprint density at radius 1 is 0.373 bits per heavy atom. The van der Waals surface area contributed by atoms with Crippen LogP contribution in [0.5, 0.6) is 0 Å². The number of aryl methyl sites for hydroxylation is 1. The van der Waals surface area contributed by atoms with Crippen LogP contribution in [0.1, 0.15) is 46.2 Å². The molecule has 10 aromatic carbocycles. The molecule has 0 spiro atoms. The van der Waals surface area contributed by atoms with E-state index >= 15 is 0 Å². The minimum Gasteiger partial charge on any atom is -0.455 e. The summed E-state index contributed by atoms with van der Waals surface area (Å²) in [7, 11) is 0. The van der Waals surface area contributed by atoms with Crippen molar-refractivity contribution in [1.29, 1.82) is 0 Å². The maximum absolute atomic E-state index is 6.53. The number of hydrogen-bond acceptors (Lipinski definition) is 2. The highest BCUT2D eigenvalue weighted by Gasteiger charge is 2.47. The molecule has 13 rings (SSSR count). The van der Waals surface area contributed by atoms with E-state index in [1.54, 1.807) is 0 Å². The summed E-state index contributed by atoms with van der Waals surface area (Å²) in [5.41, 5.74) is 22.3. The Bertz CT molecular complexity index is 3570. The minimum absolute atomic E-state index is 0.560. The molecule has 2 aliphatic carbocycles. The van der Waals surface area contributed by atoms with Gasteiger partial charge in [0.15, 0.2) is 0 Å². The van der Waals surface area contributed by atoms with Crippen molar-refractivity contribution in [2.24, 2.45) is 0 Å². The Hall–Kier alpha value is -8.20. The largest absolute Gasteiger partial charge is 0.455 e. The van der Waals surface area contributed by atoms with Gasteiger partial charge in [0.25, 0.3) is 0 Å². The lowest BCUT2D eigenvalue weighted by atomic mass is 9.67. The average Bonchev–Trinajstić information content (AvgIpc) is 3.93.